The van der Waals surface area contributed by atoms with Gasteiger partial charge >= 0.3 is 0 Å². The third-order valence-corrected chi connectivity index (χ3v) is 4.53. The molecule has 1 aromatic carbocycles. The number of rotatable bonds is 5. The molecular weight excluding hydrogens is 320 g/mol. The first kappa shape index (κ1) is 16.8. The van der Waals surface area contributed by atoms with Crippen LogP contribution in [0.2, 0.25) is 5.02 Å². The molecule has 2 rings (SSSR count). The molecule has 0 spiro atoms. The van der Waals surface area contributed by atoms with E-state index in [1.165, 1.54) is 11.8 Å². The van der Waals surface area contributed by atoms with Crippen molar-refractivity contribution >= 4 is 29.3 Å². The van der Waals surface area contributed by atoms with Crippen molar-refractivity contribution in [2.75, 3.05) is 14.1 Å². The smallest absolute Gasteiger partial charge is 0.235 e. The van der Waals surface area contributed by atoms with E-state index in [1.807, 2.05) is 42.7 Å². The summed E-state index contributed by atoms with van der Waals surface area (Å²) in [6, 6.07) is 7.50. The normalized spacial score (nSPS) is 12.2. The predicted molar refractivity (Wildman–Crippen MR) is 90.2 cm³/mol. The van der Waals surface area contributed by atoms with Crippen LogP contribution in [0.1, 0.15) is 13.8 Å². The number of carbonyl (C=O) groups excluding carboxylic acids is 1. The van der Waals surface area contributed by atoms with Gasteiger partial charge in [-0.3, -0.25) is 4.79 Å². The Bertz CT molecular complexity index is 654. The number of halogens is 1. The molecule has 0 fully saturated rings. The maximum Gasteiger partial charge on any atom is 0.235 e. The van der Waals surface area contributed by atoms with Crippen molar-refractivity contribution in [3.63, 3.8) is 0 Å². The molecule has 2 aromatic rings. The Hall–Kier alpha value is -1.53. The highest BCUT2D eigenvalue weighted by Gasteiger charge is 2.21. The van der Waals surface area contributed by atoms with Gasteiger partial charge in [-0.25, -0.2) is 0 Å². The Morgan fingerprint density at radius 3 is 2.50 bits per heavy atom. The second kappa shape index (κ2) is 7.15. The van der Waals surface area contributed by atoms with Gasteiger partial charge in [0.05, 0.1) is 5.25 Å². The Kier molecular flexibility index (Phi) is 5.47. The van der Waals surface area contributed by atoms with Crippen LogP contribution in [-0.4, -0.2) is 44.9 Å². The van der Waals surface area contributed by atoms with Gasteiger partial charge in [0.2, 0.25) is 5.91 Å². The summed E-state index contributed by atoms with van der Waals surface area (Å²) in [5.74, 6) is 0.842. The van der Waals surface area contributed by atoms with Crippen LogP contribution in [0.4, 0.5) is 0 Å². The second-order valence-corrected chi connectivity index (χ2v) is 6.79. The SMILES string of the molecule is CCn1c(SC(C)C(=O)N(C)C)nnc1-c1ccc(Cl)cc1. The molecule has 0 radical (unpaired) electrons. The van der Waals surface area contributed by atoms with E-state index in [-0.39, 0.29) is 11.2 Å². The maximum absolute atomic E-state index is 12.0. The van der Waals surface area contributed by atoms with Crippen molar-refractivity contribution in [2.45, 2.75) is 30.8 Å². The van der Waals surface area contributed by atoms with Gasteiger partial charge in [-0.15, -0.1) is 10.2 Å². The first-order valence-corrected chi connectivity index (χ1v) is 8.26. The molecule has 0 N–H and O–H groups in total. The van der Waals surface area contributed by atoms with Crippen LogP contribution in [-0.2, 0) is 11.3 Å². The summed E-state index contributed by atoms with van der Waals surface area (Å²) in [6.45, 7) is 4.64. The number of thioether (sulfide) groups is 1. The lowest BCUT2D eigenvalue weighted by molar-refractivity contribution is -0.127. The predicted octanol–water partition coefficient (Wildman–Crippen LogP) is 3.19. The number of benzene rings is 1. The fourth-order valence-electron chi connectivity index (χ4n) is 2.05. The van der Waals surface area contributed by atoms with Gasteiger partial charge in [0.1, 0.15) is 0 Å². The molecule has 1 atom stereocenters. The van der Waals surface area contributed by atoms with E-state index in [2.05, 4.69) is 10.2 Å². The lowest BCUT2D eigenvalue weighted by Gasteiger charge is -2.16. The molecule has 0 aliphatic heterocycles. The van der Waals surface area contributed by atoms with Gasteiger partial charge in [-0.1, -0.05) is 23.4 Å². The highest BCUT2D eigenvalue weighted by atomic mass is 35.5. The quantitative estimate of drug-likeness (QED) is 0.786. The van der Waals surface area contributed by atoms with Gasteiger partial charge < -0.3 is 9.47 Å². The Balaban J connectivity index is 2.28. The monoisotopic (exact) mass is 338 g/mol. The molecular formula is C15H19ClN4OS. The summed E-state index contributed by atoms with van der Waals surface area (Å²) >= 11 is 7.34. The van der Waals surface area contributed by atoms with E-state index in [1.54, 1.807) is 19.0 Å². The third-order valence-electron chi connectivity index (χ3n) is 3.21. The summed E-state index contributed by atoms with van der Waals surface area (Å²) in [6.07, 6.45) is 0. The van der Waals surface area contributed by atoms with Crippen molar-refractivity contribution in [1.29, 1.82) is 0 Å². The second-order valence-electron chi connectivity index (χ2n) is 5.05. The van der Waals surface area contributed by atoms with Crippen molar-refractivity contribution in [3.05, 3.63) is 29.3 Å². The molecule has 0 saturated heterocycles. The summed E-state index contributed by atoms with van der Waals surface area (Å²) in [4.78, 5) is 13.6. The first-order valence-electron chi connectivity index (χ1n) is 7.01. The Morgan fingerprint density at radius 1 is 1.32 bits per heavy atom. The summed E-state index contributed by atoms with van der Waals surface area (Å²) in [7, 11) is 3.51. The van der Waals surface area contributed by atoms with Crippen molar-refractivity contribution in [2.24, 2.45) is 0 Å². The highest BCUT2D eigenvalue weighted by Crippen LogP contribution is 2.27. The van der Waals surface area contributed by atoms with Gasteiger partial charge in [0.15, 0.2) is 11.0 Å². The molecule has 0 aliphatic rings. The topological polar surface area (TPSA) is 51.0 Å². The largest absolute Gasteiger partial charge is 0.348 e. The van der Waals surface area contributed by atoms with Crippen molar-refractivity contribution in [1.82, 2.24) is 19.7 Å². The Morgan fingerprint density at radius 2 is 1.95 bits per heavy atom. The zero-order chi connectivity index (χ0) is 16.3. The third kappa shape index (κ3) is 3.62. The van der Waals surface area contributed by atoms with E-state index >= 15 is 0 Å². The maximum atomic E-state index is 12.0. The molecule has 5 nitrogen and oxygen atoms in total. The van der Waals surface area contributed by atoms with Crippen LogP contribution >= 0.6 is 23.4 Å². The van der Waals surface area contributed by atoms with Gasteiger partial charge in [-0.2, -0.15) is 0 Å². The molecule has 1 aromatic heterocycles. The van der Waals surface area contributed by atoms with Crippen molar-refractivity contribution < 1.29 is 4.79 Å². The fourth-order valence-corrected chi connectivity index (χ4v) is 3.23. The van der Waals surface area contributed by atoms with Crippen LogP contribution in [0.25, 0.3) is 11.4 Å². The number of amides is 1. The molecule has 118 valence electrons. The molecule has 0 saturated carbocycles. The average molecular weight is 339 g/mol. The van der Waals surface area contributed by atoms with Crippen LogP contribution in [0.5, 0.6) is 0 Å². The van der Waals surface area contributed by atoms with E-state index in [9.17, 15) is 4.79 Å². The van der Waals surface area contributed by atoms with E-state index in [4.69, 9.17) is 11.6 Å². The number of hydrogen-bond donors (Lipinski definition) is 0. The lowest BCUT2D eigenvalue weighted by Crippen LogP contribution is -2.29. The molecule has 1 unspecified atom stereocenters. The van der Waals surface area contributed by atoms with Crippen molar-refractivity contribution in [3.8, 4) is 11.4 Å². The van der Waals surface area contributed by atoms with Gasteiger partial charge in [-0.05, 0) is 38.1 Å². The lowest BCUT2D eigenvalue weighted by atomic mass is 10.2. The standard InChI is InChI=1S/C15H19ClN4OS/c1-5-20-13(11-6-8-12(16)9-7-11)17-18-15(20)22-10(2)14(21)19(3)4/h6-10H,5H2,1-4H3. The highest BCUT2D eigenvalue weighted by molar-refractivity contribution is 8.00. The minimum Gasteiger partial charge on any atom is -0.348 e. The molecule has 7 heteroatoms. The van der Waals surface area contributed by atoms with Gasteiger partial charge in [0, 0.05) is 31.2 Å². The van der Waals surface area contributed by atoms with E-state index in [0.29, 0.717) is 5.02 Å². The molecule has 0 bridgehead atoms. The number of carbonyl (C=O) groups is 1. The molecule has 0 aliphatic carbocycles. The zero-order valence-corrected chi connectivity index (χ0v) is 14.6. The molecule has 22 heavy (non-hydrogen) atoms. The van der Waals surface area contributed by atoms with Crippen LogP contribution in [0.15, 0.2) is 29.4 Å². The van der Waals surface area contributed by atoms with Crippen LogP contribution in [0.3, 0.4) is 0 Å². The van der Waals surface area contributed by atoms with Crippen LogP contribution in [0, 0.1) is 0 Å². The van der Waals surface area contributed by atoms with E-state index in [0.717, 1.165) is 23.1 Å². The first-order chi connectivity index (χ1) is 10.4. The number of nitrogens with zero attached hydrogens (tertiary/aromatic N) is 4. The Labute approximate surface area is 139 Å². The minimum absolute atomic E-state index is 0.0590. The van der Waals surface area contributed by atoms with Crippen LogP contribution < -0.4 is 0 Å². The fraction of sp³-hybridized carbons (Fsp3) is 0.400. The zero-order valence-electron chi connectivity index (χ0n) is 13.1. The average Bonchev–Trinajstić information content (AvgIpc) is 2.89. The molecule has 1 amide bonds. The summed E-state index contributed by atoms with van der Waals surface area (Å²) < 4.78 is 2.01. The minimum atomic E-state index is -0.206. The summed E-state index contributed by atoms with van der Waals surface area (Å²) in [5, 5.41) is 9.73. The summed E-state index contributed by atoms with van der Waals surface area (Å²) in [5.41, 5.74) is 0.956. The number of aromatic nitrogens is 3. The number of hydrogen-bond acceptors (Lipinski definition) is 4. The van der Waals surface area contributed by atoms with E-state index < -0.39 is 0 Å². The van der Waals surface area contributed by atoms with Gasteiger partial charge in [0.25, 0.3) is 0 Å². The molecule has 1 heterocycles.